The van der Waals surface area contributed by atoms with Gasteiger partial charge in [0.15, 0.2) is 0 Å². The van der Waals surface area contributed by atoms with E-state index < -0.39 is 11.9 Å². The van der Waals surface area contributed by atoms with Crippen LogP contribution in [0.1, 0.15) is 39.6 Å². The Balaban J connectivity index is 1.84. The molecule has 0 aliphatic rings. The van der Waals surface area contributed by atoms with Gasteiger partial charge in [0.2, 0.25) is 5.91 Å². The largest absolute Gasteiger partial charge is 0.370 e. The Kier molecular flexibility index (Phi) is 6.11. The van der Waals surface area contributed by atoms with Gasteiger partial charge in [-0.1, -0.05) is 54.1 Å². The van der Waals surface area contributed by atoms with Gasteiger partial charge in [-0.3, -0.25) is 14.3 Å². The Morgan fingerprint density at radius 2 is 1.82 bits per heavy atom. The number of rotatable bonds is 7. The third-order valence-electron chi connectivity index (χ3n) is 4.50. The molecule has 3 N–H and O–H groups in total. The molecule has 0 spiro atoms. The highest BCUT2D eigenvalue weighted by molar-refractivity contribution is 6.30. The second-order valence-electron chi connectivity index (χ2n) is 6.54. The van der Waals surface area contributed by atoms with Gasteiger partial charge in [0, 0.05) is 18.5 Å². The summed E-state index contributed by atoms with van der Waals surface area (Å²) in [6.07, 6.45) is 2.10. The summed E-state index contributed by atoms with van der Waals surface area (Å²) in [5.74, 6) is -0.809. The molecule has 0 aliphatic carbocycles. The molecule has 6 nitrogen and oxygen atoms in total. The fraction of sp³-hybridized carbons (Fsp3) is 0.190. The molecular weight excluding hydrogens is 376 g/mol. The molecule has 3 aromatic rings. The maximum absolute atomic E-state index is 13.0. The third kappa shape index (κ3) is 4.78. The first kappa shape index (κ1) is 19.6. The van der Waals surface area contributed by atoms with E-state index in [9.17, 15) is 9.59 Å². The van der Waals surface area contributed by atoms with Gasteiger partial charge in [-0.15, -0.1) is 0 Å². The number of amides is 2. The zero-order valence-corrected chi connectivity index (χ0v) is 16.2. The van der Waals surface area contributed by atoms with E-state index in [2.05, 4.69) is 10.4 Å². The Hall–Kier alpha value is -3.12. The Morgan fingerprint density at radius 3 is 2.46 bits per heavy atom. The lowest BCUT2D eigenvalue weighted by Crippen LogP contribution is -2.32. The number of benzene rings is 2. The second-order valence-corrected chi connectivity index (χ2v) is 6.98. The lowest BCUT2D eigenvalue weighted by molar-refractivity contribution is -0.118. The van der Waals surface area contributed by atoms with Crippen molar-refractivity contribution in [3.8, 4) is 0 Å². The predicted molar refractivity (Wildman–Crippen MR) is 108 cm³/mol. The first-order valence-corrected chi connectivity index (χ1v) is 9.21. The number of carbonyl (C=O) groups is 2. The summed E-state index contributed by atoms with van der Waals surface area (Å²) in [6.45, 7) is 0. The van der Waals surface area contributed by atoms with Crippen LogP contribution in [-0.4, -0.2) is 21.6 Å². The van der Waals surface area contributed by atoms with Crippen molar-refractivity contribution in [1.82, 2.24) is 15.1 Å². The Labute approximate surface area is 168 Å². The van der Waals surface area contributed by atoms with E-state index in [1.54, 1.807) is 36.0 Å². The van der Waals surface area contributed by atoms with Crippen molar-refractivity contribution in [1.29, 1.82) is 0 Å². The highest BCUT2D eigenvalue weighted by Crippen LogP contribution is 2.21. The Morgan fingerprint density at radius 1 is 1.14 bits per heavy atom. The zero-order chi connectivity index (χ0) is 20.1. The van der Waals surface area contributed by atoms with Gasteiger partial charge in [0.05, 0.1) is 29.9 Å². The van der Waals surface area contributed by atoms with Crippen LogP contribution in [-0.2, 0) is 18.3 Å². The van der Waals surface area contributed by atoms with Gasteiger partial charge in [-0.2, -0.15) is 5.10 Å². The molecule has 0 bridgehead atoms. The molecule has 28 heavy (non-hydrogen) atoms. The molecule has 3 rings (SSSR count). The molecule has 1 aromatic heterocycles. The van der Waals surface area contributed by atoms with Crippen LogP contribution in [0, 0.1) is 0 Å². The molecule has 2 aromatic carbocycles. The molecule has 2 amide bonds. The number of carbonyl (C=O) groups excluding carboxylic acids is 2. The normalized spacial score (nSPS) is 11.8. The molecule has 0 saturated heterocycles. The average Bonchev–Trinajstić information content (AvgIpc) is 3.03. The SMILES string of the molecule is Cn1ncc(C(=O)N[C@@H](CC(N)=O)c2ccc(Cl)cc2)c1Cc1ccccc1. The van der Waals surface area contributed by atoms with Gasteiger partial charge < -0.3 is 11.1 Å². The standard InChI is InChI=1S/C21H21ClN4O2/c1-26-19(11-14-5-3-2-4-6-14)17(13-24-26)21(28)25-18(12-20(23)27)15-7-9-16(22)10-8-15/h2-10,13,18H,11-12H2,1H3,(H2,23,27)(H,25,28)/t18-/m0/s1. The van der Waals surface area contributed by atoms with Gasteiger partial charge in [0.1, 0.15) is 0 Å². The van der Waals surface area contributed by atoms with Gasteiger partial charge in [-0.25, -0.2) is 0 Å². The van der Waals surface area contributed by atoms with Gasteiger partial charge in [-0.05, 0) is 23.3 Å². The number of halogens is 1. The first-order valence-electron chi connectivity index (χ1n) is 8.83. The number of hydrogen-bond donors (Lipinski definition) is 2. The smallest absolute Gasteiger partial charge is 0.255 e. The van der Waals surface area contributed by atoms with Crippen LogP contribution in [0.4, 0.5) is 0 Å². The van der Waals surface area contributed by atoms with E-state index in [1.807, 2.05) is 30.3 Å². The average molecular weight is 397 g/mol. The minimum atomic E-state index is -0.549. The summed E-state index contributed by atoms with van der Waals surface area (Å²) in [5, 5.41) is 7.71. The number of hydrogen-bond acceptors (Lipinski definition) is 3. The van der Waals surface area contributed by atoms with Crippen molar-refractivity contribution in [3.05, 3.63) is 88.2 Å². The summed E-state index contributed by atoms with van der Waals surface area (Å²) in [5.41, 5.74) is 8.47. The van der Waals surface area contributed by atoms with E-state index in [4.69, 9.17) is 17.3 Å². The molecule has 7 heteroatoms. The summed E-state index contributed by atoms with van der Waals surface area (Å²) < 4.78 is 1.69. The van der Waals surface area contributed by atoms with E-state index in [0.717, 1.165) is 16.8 Å². The first-order chi connectivity index (χ1) is 13.4. The summed E-state index contributed by atoms with van der Waals surface area (Å²) in [4.78, 5) is 24.5. The minimum absolute atomic E-state index is 0.0122. The highest BCUT2D eigenvalue weighted by Gasteiger charge is 2.22. The van der Waals surface area contributed by atoms with Gasteiger partial charge in [0.25, 0.3) is 5.91 Å². The lowest BCUT2D eigenvalue weighted by Gasteiger charge is -2.18. The van der Waals surface area contributed by atoms with Crippen LogP contribution in [0.15, 0.2) is 60.8 Å². The van der Waals surface area contributed by atoms with Crippen LogP contribution in [0.3, 0.4) is 0 Å². The number of nitrogens with one attached hydrogen (secondary N) is 1. The topological polar surface area (TPSA) is 90.0 Å². The van der Waals surface area contributed by atoms with Crippen molar-refractivity contribution in [3.63, 3.8) is 0 Å². The fourth-order valence-corrected chi connectivity index (χ4v) is 3.16. The molecule has 0 fully saturated rings. The zero-order valence-electron chi connectivity index (χ0n) is 15.4. The number of aryl methyl sites for hydroxylation is 1. The van der Waals surface area contributed by atoms with Crippen LogP contribution in [0.5, 0.6) is 0 Å². The molecular formula is C21H21ClN4O2. The minimum Gasteiger partial charge on any atom is -0.370 e. The van der Waals surface area contributed by atoms with Crippen molar-refractivity contribution in [2.24, 2.45) is 12.8 Å². The maximum Gasteiger partial charge on any atom is 0.255 e. The van der Waals surface area contributed by atoms with E-state index >= 15 is 0 Å². The molecule has 1 heterocycles. The Bertz CT molecular complexity index is 968. The number of nitrogens with two attached hydrogens (primary N) is 1. The van der Waals surface area contributed by atoms with Crippen molar-refractivity contribution in [2.75, 3.05) is 0 Å². The van der Waals surface area contributed by atoms with E-state index in [-0.39, 0.29) is 12.3 Å². The van der Waals surface area contributed by atoms with Gasteiger partial charge >= 0.3 is 0 Å². The monoisotopic (exact) mass is 396 g/mol. The highest BCUT2D eigenvalue weighted by atomic mass is 35.5. The molecule has 1 atom stereocenters. The molecule has 0 radical (unpaired) electrons. The van der Waals surface area contributed by atoms with Crippen molar-refractivity contribution in [2.45, 2.75) is 18.9 Å². The van der Waals surface area contributed by atoms with Crippen LogP contribution < -0.4 is 11.1 Å². The number of aromatic nitrogens is 2. The number of primary amides is 1. The van der Waals surface area contributed by atoms with E-state index in [1.165, 1.54) is 6.20 Å². The van der Waals surface area contributed by atoms with Crippen molar-refractivity contribution >= 4 is 23.4 Å². The lowest BCUT2D eigenvalue weighted by atomic mass is 10.0. The summed E-state index contributed by atoms with van der Waals surface area (Å²) in [7, 11) is 1.80. The summed E-state index contributed by atoms with van der Waals surface area (Å²) >= 11 is 5.93. The van der Waals surface area contributed by atoms with Crippen LogP contribution in [0.2, 0.25) is 5.02 Å². The number of nitrogens with zero attached hydrogens (tertiary/aromatic N) is 2. The van der Waals surface area contributed by atoms with Crippen LogP contribution >= 0.6 is 11.6 Å². The van der Waals surface area contributed by atoms with Crippen molar-refractivity contribution < 1.29 is 9.59 Å². The molecule has 0 unspecified atom stereocenters. The fourth-order valence-electron chi connectivity index (χ4n) is 3.04. The van der Waals surface area contributed by atoms with Crippen LogP contribution in [0.25, 0.3) is 0 Å². The quantitative estimate of drug-likeness (QED) is 0.643. The van der Waals surface area contributed by atoms with E-state index in [0.29, 0.717) is 17.0 Å². The third-order valence-corrected chi connectivity index (χ3v) is 4.76. The second kappa shape index (κ2) is 8.71. The molecule has 144 valence electrons. The summed E-state index contributed by atoms with van der Waals surface area (Å²) in [6, 6.07) is 16.3. The maximum atomic E-state index is 13.0. The molecule has 0 saturated carbocycles. The predicted octanol–water partition coefficient (Wildman–Crippen LogP) is 3.01. The molecule has 0 aliphatic heterocycles.